The second kappa shape index (κ2) is 5.79. The minimum absolute atomic E-state index is 0.317. The van der Waals surface area contributed by atoms with Crippen LogP contribution in [-0.4, -0.2) is 19.9 Å². The summed E-state index contributed by atoms with van der Waals surface area (Å²) < 4.78 is 27.4. The summed E-state index contributed by atoms with van der Waals surface area (Å²) in [4.78, 5) is 4.29. The summed E-state index contributed by atoms with van der Waals surface area (Å²) in [6.07, 6.45) is 0.612. The summed E-state index contributed by atoms with van der Waals surface area (Å²) in [5.74, 6) is 0. The number of hydrogen-bond acceptors (Lipinski definition) is 5. The van der Waals surface area contributed by atoms with Crippen molar-refractivity contribution in [3.63, 3.8) is 0 Å². The van der Waals surface area contributed by atoms with E-state index in [1.54, 1.807) is 22.8 Å². The van der Waals surface area contributed by atoms with Crippen molar-refractivity contribution in [2.75, 3.05) is 6.54 Å². The number of thiophene rings is 1. The fourth-order valence-corrected chi connectivity index (χ4v) is 5.53. The maximum Gasteiger partial charge on any atom is 0.251 e. The molecular weight excluding hydrogens is 356 g/mol. The monoisotopic (exact) mass is 366 g/mol. The number of halogens is 1. The van der Waals surface area contributed by atoms with Gasteiger partial charge in [-0.2, -0.15) is 0 Å². The predicted octanol–water partition coefficient (Wildman–Crippen LogP) is 2.80. The van der Waals surface area contributed by atoms with E-state index < -0.39 is 10.0 Å². The Labute approximate surface area is 122 Å². The van der Waals surface area contributed by atoms with Crippen LogP contribution >= 0.6 is 38.6 Å². The molecule has 0 atom stereocenters. The number of sulfonamides is 1. The Hall–Kier alpha value is -0.280. The molecule has 0 bridgehead atoms. The number of aromatic nitrogens is 1. The molecule has 0 aliphatic rings. The van der Waals surface area contributed by atoms with Crippen molar-refractivity contribution < 1.29 is 8.42 Å². The van der Waals surface area contributed by atoms with Gasteiger partial charge in [-0.3, -0.25) is 0 Å². The van der Waals surface area contributed by atoms with Crippen LogP contribution in [0, 0.1) is 6.92 Å². The van der Waals surface area contributed by atoms with Gasteiger partial charge in [0, 0.05) is 28.5 Å². The van der Waals surface area contributed by atoms with Gasteiger partial charge in [-0.1, -0.05) is 0 Å². The van der Waals surface area contributed by atoms with Gasteiger partial charge >= 0.3 is 0 Å². The lowest BCUT2D eigenvalue weighted by molar-refractivity contribution is 0.583. The molecule has 0 unspecified atom stereocenters. The molecule has 2 aromatic rings. The van der Waals surface area contributed by atoms with Gasteiger partial charge in [0.1, 0.15) is 4.21 Å². The lowest BCUT2D eigenvalue weighted by atomic mass is 10.4. The van der Waals surface area contributed by atoms with Crippen molar-refractivity contribution in [3.05, 3.63) is 32.0 Å². The van der Waals surface area contributed by atoms with Gasteiger partial charge in [-0.25, -0.2) is 18.1 Å². The largest absolute Gasteiger partial charge is 0.251 e. The molecule has 2 rings (SSSR count). The van der Waals surface area contributed by atoms with Crippen LogP contribution in [0.5, 0.6) is 0 Å². The molecule has 0 aliphatic heterocycles. The van der Waals surface area contributed by atoms with E-state index in [-0.39, 0.29) is 0 Å². The van der Waals surface area contributed by atoms with Gasteiger partial charge in [0.15, 0.2) is 0 Å². The summed E-state index contributed by atoms with van der Waals surface area (Å²) in [6.45, 7) is 2.28. The number of rotatable bonds is 5. The van der Waals surface area contributed by atoms with Gasteiger partial charge in [-0.15, -0.1) is 22.7 Å². The van der Waals surface area contributed by atoms with Gasteiger partial charge < -0.3 is 0 Å². The fourth-order valence-electron chi connectivity index (χ4n) is 1.35. The number of hydrogen-bond donors (Lipinski definition) is 1. The Kier molecular flexibility index (Phi) is 4.54. The van der Waals surface area contributed by atoms with Crippen molar-refractivity contribution in [2.45, 2.75) is 17.6 Å². The van der Waals surface area contributed by atoms with E-state index in [9.17, 15) is 8.42 Å². The van der Waals surface area contributed by atoms with E-state index in [0.717, 1.165) is 10.7 Å². The highest BCUT2D eigenvalue weighted by Crippen LogP contribution is 2.27. The van der Waals surface area contributed by atoms with Crippen LogP contribution in [0.1, 0.15) is 10.7 Å². The molecule has 18 heavy (non-hydrogen) atoms. The second-order valence-corrected chi connectivity index (χ2v) is 8.26. The Bertz CT molecular complexity index is 633. The molecule has 0 saturated heterocycles. The summed E-state index contributed by atoms with van der Waals surface area (Å²) in [6, 6.07) is 1.73. The molecule has 2 heterocycles. The van der Waals surface area contributed by atoms with Crippen molar-refractivity contribution in [3.8, 4) is 0 Å². The second-order valence-electron chi connectivity index (χ2n) is 3.59. The van der Waals surface area contributed by atoms with E-state index in [2.05, 4.69) is 25.6 Å². The van der Waals surface area contributed by atoms with E-state index in [4.69, 9.17) is 0 Å². The van der Waals surface area contributed by atoms with E-state index in [0.29, 0.717) is 21.6 Å². The first-order valence-corrected chi connectivity index (χ1v) is 9.16. The predicted molar refractivity (Wildman–Crippen MR) is 77.8 cm³/mol. The Balaban J connectivity index is 1.96. The highest BCUT2D eigenvalue weighted by molar-refractivity contribution is 9.10. The molecule has 4 nitrogen and oxygen atoms in total. The van der Waals surface area contributed by atoms with Gasteiger partial charge in [0.05, 0.1) is 5.01 Å². The Morgan fingerprint density at radius 1 is 1.44 bits per heavy atom. The third-order valence-electron chi connectivity index (χ3n) is 2.13. The van der Waals surface area contributed by atoms with Crippen molar-refractivity contribution in [1.82, 2.24) is 9.71 Å². The normalized spacial score (nSPS) is 11.9. The standard InChI is InChI=1S/C10H11BrN2O2S3/c1-7-6-17-9(13-7)2-4-12-18(14,15)10-8(11)3-5-16-10/h3,5-6,12H,2,4H2,1H3. The van der Waals surface area contributed by atoms with Crippen molar-refractivity contribution >= 4 is 48.6 Å². The van der Waals surface area contributed by atoms with Crippen LogP contribution in [0.4, 0.5) is 0 Å². The summed E-state index contributed by atoms with van der Waals surface area (Å²) in [7, 11) is -3.41. The van der Waals surface area contributed by atoms with Gasteiger partial charge in [0.2, 0.25) is 0 Å². The molecule has 0 saturated carbocycles. The minimum atomic E-state index is -3.41. The molecule has 0 fully saturated rings. The fraction of sp³-hybridized carbons (Fsp3) is 0.300. The van der Waals surface area contributed by atoms with Gasteiger partial charge in [0.25, 0.3) is 10.0 Å². The number of thiazole rings is 1. The first kappa shape index (κ1) is 14.1. The quantitative estimate of drug-likeness (QED) is 0.884. The van der Waals surface area contributed by atoms with Crippen LogP contribution in [0.15, 0.2) is 25.5 Å². The SMILES string of the molecule is Cc1csc(CCNS(=O)(=O)c2sccc2Br)n1. The maximum atomic E-state index is 12.0. The molecule has 8 heteroatoms. The first-order chi connectivity index (χ1) is 8.49. The highest BCUT2D eigenvalue weighted by atomic mass is 79.9. The highest BCUT2D eigenvalue weighted by Gasteiger charge is 2.18. The number of aryl methyl sites for hydroxylation is 1. The molecule has 0 spiro atoms. The molecule has 98 valence electrons. The molecule has 0 aromatic carbocycles. The Morgan fingerprint density at radius 2 is 2.22 bits per heavy atom. The zero-order valence-corrected chi connectivity index (χ0v) is 13.5. The lowest BCUT2D eigenvalue weighted by Crippen LogP contribution is -2.25. The van der Waals surface area contributed by atoms with E-state index in [1.165, 1.54) is 11.3 Å². The molecule has 1 N–H and O–H groups in total. The zero-order valence-electron chi connectivity index (χ0n) is 9.51. The molecule has 2 aromatic heterocycles. The topological polar surface area (TPSA) is 59.1 Å². The smallest absolute Gasteiger partial charge is 0.247 e. The summed E-state index contributed by atoms with van der Waals surface area (Å²) in [5, 5.41) is 4.64. The maximum absolute atomic E-state index is 12.0. The average molecular weight is 367 g/mol. The van der Waals surface area contributed by atoms with Crippen molar-refractivity contribution in [1.29, 1.82) is 0 Å². The summed E-state index contributed by atoms with van der Waals surface area (Å²) in [5.41, 5.74) is 0.971. The average Bonchev–Trinajstić information content (AvgIpc) is 2.87. The van der Waals surface area contributed by atoms with Crippen LogP contribution in [0.2, 0.25) is 0 Å². The van der Waals surface area contributed by atoms with Crippen LogP contribution < -0.4 is 4.72 Å². The van der Waals surface area contributed by atoms with Crippen molar-refractivity contribution in [2.24, 2.45) is 0 Å². The van der Waals surface area contributed by atoms with Gasteiger partial charge in [-0.05, 0) is 34.3 Å². The third kappa shape index (κ3) is 3.39. The minimum Gasteiger partial charge on any atom is -0.247 e. The van der Waals surface area contributed by atoms with Crippen LogP contribution in [-0.2, 0) is 16.4 Å². The molecular formula is C10H11BrN2O2S3. The first-order valence-electron chi connectivity index (χ1n) is 5.13. The molecule has 0 aliphatic carbocycles. The Morgan fingerprint density at radius 3 is 2.78 bits per heavy atom. The van der Waals surface area contributed by atoms with Crippen LogP contribution in [0.3, 0.4) is 0 Å². The molecule has 0 radical (unpaired) electrons. The molecule has 0 amide bonds. The third-order valence-corrected chi connectivity index (χ3v) is 7.28. The lowest BCUT2D eigenvalue weighted by Gasteiger charge is -2.03. The zero-order chi connectivity index (χ0) is 13.2. The van der Waals surface area contributed by atoms with Crippen LogP contribution in [0.25, 0.3) is 0 Å². The number of nitrogens with zero attached hydrogens (tertiary/aromatic N) is 1. The number of nitrogens with one attached hydrogen (secondary N) is 1. The van der Waals surface area contributed by atoms with E-state index >= 15 is 0 Å². The van der Waals surface area contributed by atoms with E-state index in [1.807, 2.05) is 12.3 Å². The summed E-state index contributed by atoms with van der Waals surface area (Å²) >= 11 is 5.97.